The number of nitrogens with zero attached hydrogens (tertiary/aromatic N) is 1. The second kappa shape index (κ2) is 11.3. The summed E-state index contributed by atoms with van der Waals surface area (Å²) < 4.78 is 10.5. The average Bonchev–Trinajstić information content (AvgIpc) is 2.75. The summed E-state index contributed by atoms with van der Waals surface area (Å²) in [6.45, 7) is 6.95. The molecule has 3 amide bonds. The Bertz CT molecular complexity index is 1040. The number of amides is 3. The highest BCUT2D eigenvalue weighted by molar-refractivity contribution is 5.98. The minimum absolute atomic E-state index is 0.0879. The monoisotopic (exact) mass is 481 g/mol. The van der Waals surface area contributed by atoms with Crippen LogP contribution in [0.25, 0.3) is 0 Å². The number of rotatable bonds is 8. The van der Waals surface area contributed by atoms with E-state index in [1.54, 1.807) is 57.0 Å². The molecule has 0 bridgehead atoms. The molecule has 3 rings (SSSR count). The molecule has 8 nitrogen and oxygen atoms in total. The van der Waals surface area contributed by atoms with Crippen LogP contribution in [0.15, 0.2) is 48.5 Å². The Hall–Kier alpha value is -3.55. The maximum atomic E-state index is 13.6. The third-order valence-corrected chi connectivity index (χ3v) is 5.78. The van der Waals surface area contributed by atoms with E-state index in [1.807, 2.05) is 31.2 Å². The fourth-order valence-electron chi connectivity index (χ4n) is 3.94. The summed E-state index contributed by atoms with van der Waals surface area (Å²) in [6, 6.07) is 13.7. The smallest absolute Gasteiger partial charge is 0.408 e. The molecule has 0 spiro atoms. The van der Waals surface area contributed by atoms with Crippen LogP contribution >= 0.6 is 0 Å². The van der Waals surface area contributed by atoms with Crippen LogP contribution in [0.2, 0.25) is 0 Å². The Morgan fingerprint density at radius 1 is 1.09 bits per heavy atom. The lowest BCUT2D eigenvalue weighted by Crippen LogP contribution is -2.53. The van der Waals surface area contributed by atoms with Gasteiger partial charge in [-0.05, 0) is 76.8 Å². The number of benzene rings is 2. The molecule has 1 saturated carbocycles. The zero-order chi connectivity index (χ0) is 25.6. The Morgan fingerprint density at radius 3 is 2.31 bits per heavy atom. The number of nitrogens with one attached hydrogen (secondary N) is 2. The fourth-order valence-corrected chi connectivity index (χ4v) is 3.94. The lowest BCUT2D eigenvalue weighted by atomic mass is 9.88. The molecule has 1 atom stereocenters. The van der Waals surface area contributed by atoms with Crippen molar-refractivity contribution in [2.24, 2.45) is 0 Å². The molecule has 1 aliphatic rings. The first-order valence-corrected chi connectivity index (χ1v) is 11.9. The standard InChI is InChI=1S/C27H35N3O5/c1-18-8-6-9-19(16-18)24(25(32)29-20-12-14-22(34-5)15-13-20)30(21-10-7-11-21)23(31)17-28-26(33)35-27(2,3)4/h6,8-9,12-16,21,24H,7,10-11,17H2,1-5H3,(H,28,33)(H,29,32). The SMILES string of the molecule is COc1ccc(NC(=O)C(c2cccc(C)c2)N(C(=O)CNC(=O)OC(C)(C)C)C2CCC2)cc1. The van der Waals surface area contributed by atoms with E-state index in [-0.39, 0.29) is 24.4 Å². The highest BCUT2D eigenvalue weighted by Gasteiger charge is 2.39. The van der Waals surface area contributed by atoms with Gasteiger partial charge in [0.2, 0.25) is 5.91 Å². The van der Waals surface area contributed by atoms with Gasteiger partial charge >= 0.3 is 6.09 Å². The summed E-state index contributed by atoms with van der Waals surface area (Å²) in [5, 5.41) is 5.49. The van der Waals surface area contributed by atoms with Crippen LogP contribution in [-0.4, -0.2) is 48.1 Å². The van der Waals surface area contributed by atoms with E-state index in [2.05, 4.69) is 10.6 Å². The van der Waals surface area contributed by atoms with Crippen LogP contribution in [0.3, 0.4) is 0 Å². The third kappa shape index (κ3) is 7.21. The molecule has 1 aliphatic carbocycles. The Labute approximate surface area is 207 Å². The van der Waals surface area contributed by atoms with Crippen LogP contribution in [0.1, 0.15) is 57.2 Å². The van der Waals surface area contributed by atoms with Crippen molar-refractivity contribution < 1.29 is 23.9 Å². The van der Waals surface area contributed by atoms with Gasteiger partial charge in [0.05, 0.1) is 7.11 Å². The number of methoxy groups -OCH3 is 1. The van der Waals surface area contributed by atoms with Crippen molar-refractivity contribution in [3.05, 3.63) is 59.7 Å². The van der Waals surface area contributed by atoms with E-state index in [0.717, 1.165) is 24.8 Å². The molecular weight excluding hydrogens is 446 g/mol. The van der Waals surface area contributed by atoms with Gasteiger partial charge in [-0.25, -0.2) is 4.79 Å². The minimum Gasteiger partial charge on any atom is -0.497 e. The normalized spacial score (nSPS) is 14.3. The molecule has 0 heterocycles. The first-order valence-electron chi connectivity index (χ1n) is 11.9. The Balaban J connectivity index is 1.87. The second-order valence-electron chi connectivity index (χ2n) is 9.78. The highest BCUT2D eigenvalue weighted by atomic mass is 16.6. The average molecular weight is 482 g/mol. The number of hydrogen-bond donors (Lipinski definition) is 2. The van der Waals surface area contributed by atoms with Gasteiger partial charge in [-0.1, -0.05) is 29.8 Å². The van der Waals surface area contributed by atoms with E-state index in [1.165, 1.54) is 0 Å². The number of anilines is 1. The van der Waals surface area contributed by atoms with Crippen LogP contribution in [-0.2, 0) is 14.3 Å². The van der Waals surface area contributed by atoms with Crippen LogP contribution in [0, 0.1) is 6.92 Å². The van der Waals surface area contributed by atoms with Gasteiger partial charge in [-0.3, -0.25) is 9.59 Å². The second-order valence-corrected chi connectivity index (χ2v) is 9.78. The summed E-state index contributed by atoms with van der Waals surface area (Å²) >= 11 is 0. The molecule has 2 aromatic carbocycles. The van der Waals surface area contributed by atoms with Gasteiger partial charge in [0.25, 0.3) is 5.91 Å². The number of hydrogen-bond acceptors (Lipinski definition) is 5. The highest BCUT2D eigenvalue weighted by Crippen LogP contribution is 2.34. The van der Waals surface area contributed by atoms with Gasteiger partial charge in [0.1, 0.15) is 23.9 Å². The van der Waals surface area contributed by atoms with Crippen molar-refractivity contribution in [3.8, 4) is 5.75 Å². The van der Waals surface area contributed by atoms with Crippen LogP contribution in [0.4, 0.5) is 10.5 Å². The quantitative estimate of drug-likeness (QED) is 0.575. The van der Waals surface area contributed by atoms with Crippen molar-refractivity contribution in [2.75, 3.05) is 19.0 Å². The van der Waals surface area contributed by atoms with Gasteiger partial charge in [0, 0.05) is 11.7 Å². The molecule has 1 unspecified atom stereocenters. The van der Waals surface area contributed by atoms with Crippen LogP contribution in [0.5, 0.6) is 5.75 Å². The van der Waals surface area contributed by atoms with Crippen LogP contribution < -0.4 is 15.4 Å². The molecule has 0 saturated heterocycles. The molecule has 0 radical (unpaired) electrons. The van der Waals surface area contributed by atoms with E-state index < -0.39 is 17.7 Å². The minimum atomic E-state index is -0.852. The summed E-state index contributed by atoms with van der Waals surface area (Å²) in [4.78, 5) is 40.9. The lowest BCUT2D eigenvalue weighted by Gasteiger charge is -2.42. The number of carbonyl (C=O) groups is 3. The van der Waals surface area contributed by atoms with Crippen molar-refractivity contribution in [1.82, 2.24) is 10.2 Å². The maximum absolute atomic E-state index is 13.6. The molecule has 2 aromatic rings. The van der Waals surface area contributed by atoms with E-state index in [0.29, 0.717) is 17.0 Å². The van der Waals surface area contributed by atoms with E-state index in [4.69, 9.17) is 9.47 Å². The summed E-state index contributed by atoms with van der Waals surface area (Å²) in [7, 11) is 1.58. The topological polar surface area (TPSA) is 97.0 Å². The molecule has 35 heavy (non-hydrogen) atoms. The molecule has 188 valence electrons. The molecular formula is C27H35N3O5. The molecule has 2 N–H and O–H groups in total. The summed E-state index contributed by atoms with van der Waals surface area (Å²) in [6.07, 6.45) is 1.91. The van der Waals surface area contributed by atoms with Crippen molar-refractivity contribution in [2.45, 2.75) is 64.6 Å². The maximum Gasteiger partial charge on any atom is 0.408 e. The van der Waals surface area contributed by atoms with Gasteiger partial charge in [-0.15, -0.1) is 0 Å². The third-order valence-electron chi connectivity index (χ3n) is 5.78. The molecule has 0 aromatic heterocycles. The van der Waals surface area contributed by atoms with Crippen molar-refractivity contribution in [3.63, 3.8) is 0 Å². The zero-order valence-electron chi connectivity index (χ0n) is 21.1. The van der Waals surface area contributed by atoms with Gasteiger partial charge < -0.3 is 25.0 Å². The van der Waals surface area contributed by atoms with Crippen molar-refractivity contribution >= 4 is 23.6 Å². The number of aryl methyl sites for hydroxylation is 1. The Kier molecular flexibility index (Phi) is 8.38. The first-order chi connectivity index (χ1) is 16.6. The number of ether oxygens (including phenoxy) is 2. The molecule has 8 heteroatoms. The van der Waals surface area contributed by atoms with Gasteiger partial charge in [-0.2, -0.15) is 0 Å². The van der Waals surface area contributed by atoms with E-state index in [9.17, 15) is 14.4 Å². The lowest BCUT2D eigenvalue weighted by molar-refractivity contribution is -0.143. The van der Waals surface area contributed by atoms with Gasteiger partial charge in [0.15, 0.2) is 0 Å². The van der Waals surface area contributed by atoms with E-state index >= 15 is 0 Å². The predicted octanol–water partition coefficient (Wildman–Crippen LogP) is 4.59. The predicted molar refractivity (Wildman–Crippen MR) is 134 cm³/mol. The summed E-state index contributed by atoms with van der Waals surface area (Å²) in [5.41, 5.74) is 1.62. The zero-order valence-corrected chi connectivity index (χ0v) is 21.1. The largest absolute Gasteiger partial charge is 0.497 e. The first kappa shape index (κ1) is 26.1. The number of carbonyl (C=O) groups excluding carboxylic acids is 3. The number of alkyl carbamates (subject to hydrolysis) is 1. The Morgan fingerprint density at radius 2 is 1.77 bits per heavy atom. The molecule has 1 fully saturated rings. The summed E-state index contributed by atoms with van der Waals surface area (Å²) in [5.74, 6) is 0.0213. The molecule has 0 aliphatic heterocycles. The fraction of sp³-hybridized carbons (Fsp3) is 0.444. The van der Waals surface area contributed by atoms with Crippen molar-refractivity contribution in [1.29, 1.82) is 0 Å².